The van der Waals surface area contributed by atoms with Crippen LogP contribution in [0.5, 0.6) is 0 Å². The standard InChI is InChI=1S/C14H16N2O2/c17-13-9-8-12(14(18)15-10-6-7-10)16(13)11-4-2-1-3-5-11/h1-5,10,12H,6-9H2,(H,15,18). The molecule has 2 aliphatic rings. The Balaban J connectivity index is 1.80. The molecule has 1 atom stereocenters. The number of hydrogen-bond donors (Lipinski definition) is 1. The molecule has 2 fully saturated rings. The first kappa shape index (κ1) is 11.3. The largest absolute Gasteiger partial charge is 0.352 e. The Bertz CT molecular complexity index is 468. The SMILES string of the molecule is O=C(NC1CC1)C1CCC(=O)N1c1ccccc1. The van der Waals surface area contributed by atoms with E-state index < -0.39 is 0 Å². The van der Waals surface area contributed by atoms with Gasteiger partial charge in [-0.05, 0) is 31.4 Å². The van der Waals surface area contributed by atoms with Gasteiger partial charge < -0.3 is 5.32 Å². The van der Waals surface area contributed by atoms with Gasteiger partial charge >= 0.3 is 0 Å². The van der Waals surface area contributed by atoms with Gasteiger partial charge in [-0.1, -0.05) is 18.2 Å². The molecular weight excluding hydrogens is 228 g/mol. The second-order valence-electron chi connectivity index (χ2n) is 4.94. The third-order valence-corrected chi connectivity index (χ3v) is 3.47. The first-order valence-electron chi connectivity index (χ1n) is 6.43. The van der Waals surface area contributed by atoms with Crippen LogP contribution >= 0.6 is 0 Å². The lowest BCUT2D eigenvalue weighted by molar-refractivity contribution is -0.124. The number of nitrogens with one attached hydrogen (secondary N) is 1. The third-order valence-electron chi connectivity index (χ3n) is 3.47. The predicted octanol–water partition coefficient (Wildman–Crippen LogP) is 1.46. The molecule has 2 amide bonds. The van der Waals surface area contributed by atoms with Crippen LogP contribution in [0.2, 0.25) is 0 Å². The zero-order valence-electron chi connectivity index (χ0n) is 10.1. The van der Waals surface area contributed by atoms with E-state index >= 15 is 0 Å². The van der Waals surface area contributed by atoms with Gasteiger partial charge in [-0.25, -0.2) is 0 Å². The third kappa shape index (κ3) is 2.10. The number of rotatable bonds is 3. The van der Waals surface area contributed by atoms with E-state index in [0.29, 0.717) is 18.9 Å². The molecule has 3 rings (SSSR count). The van der Waals surface area contributed by atoms with Crippen molar-refractivity contribution in [2.75, 3.05) is 4.90 Å². The molecule has 4 heteroatoms. The van der Waals surface area contributed by atoms with Crippen molar-refractivity contribution in [1.29, 1.82) is 0 Å². The highest BCUT2D eigenvalue weighted by Gasteiger charge is 2.38. The summed E-state index contributed by atoms with van der Waals surface area (Å²) >= 11 is 0. The summed E-state index contributed by atoms with van der Waals surface area (Å²) in [6, 6.07) is 9.43. The van der Waals surface area contributed by atoms with E-state index in [1.807, 2.05) is 30.3 Å². The summed E-state index contributed by atoms with van der Waals surface area (Å²) in [6.07, 6.45) is 3.21. The average Bonchev–Trinajstić information content (AvgIpc) is 3.11. The van der Waals surface area contributed by atoms with Crippen LogP contribution in [0.25, 0.3) is 0 Å². The number of benzene rings is 1. The Morgan fingerprint density at radius 1 is 1.17 bits per heavy atom. The topological polar surface area (TPSA) is 49.4 Å². The maximum atomic E-state index is 12.1. The quantitative estimate of drug-likeness (QED) is 0.875. The maximum absolute atomic E-state index is 12.1. The normalized spacial score (nSPS) is 23.2. The zero-order valence-corrected chi connectivity index (χ0v) is 10.1. The van der Waals surface area contributed by atoms with Gasteiger partial charge in [-0.2, -0.15) is 0 Å². The van der Waals surface area contributed by atoms with Gasteiger partial charge in [-0.15, -0.1) is 0 Å². The summed E-state index contributed by atoms with van der Waals surface area (Å²) in [6.45, 7) is 0. The van der Waals surface area contributed by atoms with Gasteiger partial charge in [0.1, 0.15) is 6.04 Å². The summed E-state index contributed by atoms with van der Waals surface area (Å²) in [5.41, 5.74) is 0.816. The lowest BCUT2D eigenvalue weighted by Crippen LogP contribution is -2.45. The van der Waals surface area contributed by atoms with Gasteiger partial charge in [0.15, 0.2) is 0 Å². The summed E-state index contributed by atoms with van der Waals surface area (Å²) in [5, 5.41) is 2.98. The van der Waals surface area contributed by atoms with Gasteiger partial charge in [0.25, 0.3) is 0 Å². The Labute approximate surface area is 106 Å². The number of carbonyl (C=O) groups excluding carboxylic acids is 2. The lowest BCUT2D eigenvalue weighted by Gasteiger charge is -2.24. The van der Waals surface area contributed by atoms with Crippen molar-refractivity contribution in [2.45, 2.75) is 37.8 Å². The highest BCUT2D eigenvalue weighted by molar-refractivity contribution is 6.03. The predicted molar refractivity (Wildman–Crippen MR) is 68.1 cm³/mol. The fraction of sp³-hybridized carbons (Fsp3) is 0.429. The summed E-state index contributed by atoms with van der Waals surface area (Å²) in [4.78, 5) is 25.7. The van der Waals surface area contributed by atoms with Gasteiger partial charge in [-0.3, -0.25) is 14.5 Å². The maximum Gasteiger partial charge on any atom is 0.243 e. The van der Waals surface area contributed by atoms with Crippen molar-refractivity contribution >= 4 is 17.5 Å². The van der Waals surface area contributed by atoms with Crippen LogP contribution in [0.4, 0.5) is 5.69 Å². The monoisotopic (exact) mass is 244 g/mol. The molecule has 1 aromatic rings. The van der Waals surface area contributed by atoms with Crippen LogP contribution in [0, 0.1) is 0 Å². The number of hydrogen-bond acceptors (Lipinski definition) is 2. The van der Waals surface area contributed by atoms with Gasteiger partial charge in [0.05, 0.1) is 0 Å². The molecule has 1 aliphatic carbocycles. The number of nitrogens with zero attached hydrogens (tertiary/aromatic N) is 1. The second-order valence-corrected chi connectivity index (χ2v) is 4.94. The van der Waals surface area contributed by atoms with Crippen molar-refractivity contribution in [3.63, 3.8) is 0 Å². The van der Waals surface area contributed by atoms with Crippen molar-refractivity contribution in [3.8, 4) is 0 Å². The van der Waals surface area contributed by atoms with E-state index in [0.717, 1.165) is 18.5 Å². The Kier molecular flexibility index (Phi) is 2.78. The number of amides is 2. The number of para-hydroxylation sites is 1. The van der Waals surface area contributed by atoms with E-state index in [1.54, 1.807) is 4.90 Å². The summed E-state index contributed by atoms with van der Waals surface area (Å²) in [7, 11) is 0. The van der Waals surface area contributed by atoms with Crippen LogP contribution in [0.15, 0.2) is 30.3 Å². The Morgan fingerprint density at radius 3 is 2.56 bits per heavy atom. The van der Waals surface area contributed by atoms with E-state index in [9.17, 15) is 9.59 Å². The first-order valence-corrected chi connectivity index (χ1v) is 6.43. The molecule has 1 unspecified atom stereocenters. The molecule has 0 aromatic heterocycles. The molecule has 1 heterocycles. The molecule has 0 radical (unpaired) electrons. The number of anilines is 1. The van der Waals surface area contributed by atoms with Crippen molar-refractivity contribution in [1.82, 2.24) is 5.32 Å². The Morgan fingerprint density at radius 2 is 1.89 bits per heavy atom. The van der Waals surface area contributed by atoms with E-state index in [2.05, 4.69) is 5.32 Å². The van der Waals surface area contributed by atoms with Crippen LogP contribution in [0.1, 0.15) is 25.7 Å². The van der Waals surface area contributed by atoms with Crippen LogP contribution in [0.3, 0.4) is 0 Å². The fourth-order valence-corrected chi connectivity index (χ4v) is 2.37. The fourth-order valence-electron chi connectivity index (χ4n) is 2.37. The van der Waals surface area contributed by atoms with Crippen LogP contribution < -0.4 is 10.2 Å². The minimum atomic E-state index is -0.333. The van der Waals surface area contributed by atoms with Crippen molar-refractivity contribution in [3.05, 3.63) is 30.3 Å². The molecule has 4 nitrogen and oxygen atoms in total. The highest BCUT2D eigenvalue weighted by Crippen LogP contribution is 2.27. The molecule has 1 aromatic carbocycles. The molecule has 1 N–H and O–H groups in total. The molecule has 0 bridgehead atoms. The van der Waals surface area contributed by atoms with Gasteiger partial charge in [0, 0.05) is 18.2 Å². The van der Waals surface area contributed by atoms with E-state index in [1.165, 1.54) is 0 Å². The minimum absolute atomic E-state index is 0.00722. The zero-order chi connectivity index (χ0) is 12.5. The minimum Gasteiger partial charge on any atom is -0.352 e. The van der Waals surface area contributed by atoms with Crippen molar-refractivity contribution < 1.29 is 9.59 Å². The van der Waals surface area contributed by atoms with E-state index in [-0.39, 0.29) is 17.9 Å². The van der Waals surface area contributed by atoms with Crippen molar-refractivity contribution in [2.24, 2.45) is 0 Å². The average molecular weight is 244 g/mol. The van der Waals surface area contributed by atoms with E-state index in [4.69, 9.17) is 0 Å². The molecule has 1 aliphatic heterocycles. The Hall–Kier alpha value is -1.84. The lowest BCUT2D eigenvalue weighted by atomic mass is 10.2. The molecule has 1 saturated heterocycles. The molecule has 0 spiro atoms. The molecule has 18 heavy (non-hydrogen) atoms. The summed E-state index contributed by atoms with van der Waals surface area (Å²) < 4.78 is 0. The highest BCUT2D eigenvalue weighted by atomic mass is 16.2. The number of carbonyl (C=O) groups is 2. The molecular formula is C14H16N2O2. The first-order chi connectivity index (χ1) is 8.75. The molecule has 94 valence electrons. The smallest absolute Gasteiger partial charge is 0.243 e. The summed E-state index contributed by atoms with van der Waals surface area (Å²) in [5.74, 6) is 0.0318. The van der Waals surface area contributed by atoms with Crippen LogP contribution in [-0.2, 0) is 9.59 Å². The van der Waals surface area contributed by atoms with Crippen LogP contribution in [-0.4, -0.2) is 23.9 Å². The second kappa shape index (κ2) is 4.44. The van der Waals surface area contributed by atoms with Gasteiger partial charge in [0.2, 0.25) is 11.8 Å². The molecule has 1 saturated carbocycles.